The highest BCUT2D eigenvalue weighted by Crippen LogP contribution is 2.26. The summed E-state index contributed by atoms with van der Waals surface area (Å²) in [5, 5.41) is 0. The van der Waals surface area contributed by atoms with Gasteiger partial charge in [0, 0.05) is 24.1 Å². The third-order valence-electron chi connectivity index (χ3n) is 4.97. The van der Waals surface area contributed by atoms with Crippen LogP contribution in [0.3, 0.4) is 0 Å². The van der Waals surface area contributed by atoms with Crippen molar-refractivity contribution in [3.63, 3.8) is 0 Å². The van der Waals surface area contributed by atoms with Gasteiger partial charge in [-0.05, 0) is 47.0 Å². The highest BCUT2D eigenvalue weighted by Gasteiger charge is 2.12. The van der Waals surface area contributed by atoms with Crippen molar-refractivity contribution in [3.8, 4) is 16.9 Å². The quantitative estimate of drug-likeness (QED) is 0.159. The van der Waals surface area contributed by atoms with E-state index in [0.717, 1.165) is 29.3 Å². The number of hydrogen-bond donors (Lipinski definition) is 0. The molecule has 0 aromatic heterocycles. The normalized spacial score (nSPS) is 10.5. The van der Waals surface area contributed by atoms with Crippen molar-refractivity contribution >= 4 is 24.0 Å². The van der Waals surface area contributed by atoms with E-state index in [1.165, 1.54) is 30.5 Å². The fraction of sp³-hybridized carbons (Fsp3) is 0.0690. The maximum atomic E-state index is 14.7. The summed E-state index contributed by atoms with van der Waals surface area (Å²) in [4.78, 5) is 34.6. The van der Waals surface area contributed by atoms with Crippen LogP contribution in [-0.4, -0.2) is 24.5 Å². The van der Waals surface area contributed by atoms with Crippen LogP contribution < -0.4 is 4.74 Å². The molecular formula is C29H23FO6. The van der Waals surface area contributed by atoms with Gasteiger partial charge < -0.3 is 14.2 Å². The second-order valence-electron chi connectivity index (χ2n) is 7.42. The predicted molar refractivity (Wildman–Crippen MR) is 133 cm³/mol. The minimum Gasteiger partial charge on any atom is -0.462 e. The van der Waals surface area contributed by atoms with Gasteiger partial charge in [-0.2, -0.15) is 0 Å². The van der Waals surface area contributed by atoms with Crippen LogP contribution in [0.4, 0.5) is 4.39 Å². The second kappa shape index (κ2) is 12.6. The second-order valence-corrected chi connectivity index (χ2v) is 7.42. The van der Waals surface area contributed by atoms with Gasteiger partial charge in [0.25, 0.3) is 0 Å². The number of halogens is 1. The molecule has 0 fully saturated rings. The summed E-state index contributed by atoms with van der Waals surface area (Å²) in [6.45, 7) is 6.92. The Morgan fingerprint density at radius 2 is 1.56 bits per heavy atom. The van der Waals surface area contributed by atoms with E-state index in [9.17, 15) is 18.8 Å². The average molecular weight is 486 g/mol. The molecule has 0 unspecified atom stereocenters. The van der Waals surface area contributed by atoms with Crippen molar-refractivity contribution < 1.29 is 33.0 Å². The van der Waals surface area contributed by atoms with Gasteiger partial charge in [-0.1, -0.05) is 55.6 Å². The highest BCUT2D eigenvalue weighted by molar-refractivity contribution is 5.91. The Bertz CT molecular complexity index is 1290. The molecule has 0 spiro atoms. The molecule has 0 N–H and O–H groups in total. The molecule has 0 amide bonds. The average Bonchev–Trinajstić information content (AvgIpc) is 2.89. The topological polar surface area (TPSA) is 78.9 Å². The van der Waals surface area contributed by atoms with Gasteiger partial charge in [-0.25, -0.2) is 18.8 Å². The first-order chi connectivity index (χ1) is 17.4. The van der Waals surface area contributed by atoms with Gasteiger partial charge in [0.05, 0.1) is 18.4 Å². The first kappa shape index (κ1) is 25.8. The third-order valence-corrected chi connectivity index (χ3v) is 4.97. The van der Waals surface area contributed by atoms with Crippen molar-refractivity contribution in [3.05, 3.63) is 121 Å². The summed E-state index contributed by atoms with van der Waals surface area (Å²) in [5.74, 6) is -2.05. The lowest BCUT2D eigenvalue weighted by Gasteiger charge is -2.07. The van der Waals surface area contributed by atoms with E-state index in [2.05, 4.69) is 13.2 Å². The SMILES string of the molecule is C=CC(=O)OCCc1ccc(/C=C/OC(=O)c2ccc(-c3ccc(OC(=O)C=C)cc3)c(F)c2)cc1. The molecule has 7 heteroatoms. The first-order valence-corrected chi connectivity index (χ1v) is 10.9. The van der Waals surface area contributed by atoms with Crippen LogP contribution in [0.25, 0.3) is 17.2 Å². The molecule has 0 saturated carbocycles. The zero-order chi connectivity index (χ0) is 25.9. The smallest absolute Gasteiger partial charge is 0.343 e. The van der Waals surface area contributed by atoms with E-state index in [1.54, 1.807) is 18.2 Å². The van der Waals surface area contributed by atoms with E-state index in [0.29, 0.717) is 17.7 Å². The Morgan fingerprint density at radius 1 is 0.861 bits per heavy atom. The lowest BCUT2D eigenvalue weighted by Crippen LogP contribution is -2.04. The van der Waals surface area contributed by atoms with Crippen LogP contribution in [0, 0.1) is 5.82 Å². The minimum absolute atomic E-state index is 0.0573. The molecule has 0 saturated heterocycles. The Kier molecular flexibility index (Phi) is 9.06. The standard InChI is InChI=1S/C29H23FO6/c1-3-27(31)34-17-15-20-5-7-21(8-6-20)16-18-35-29(33)23-11-14-25(26(30)19-23)22-9-12-24(13-10-22)36-28(32)4-2/h3-14,16,18-19H,1-2,15,17H2/b18-16+. The molecule has 0 heterocycles. The summed E-state index contributed by atoms with van der Waals surface area (Å²) >= 11 is 0. The highest BCUT2D eigenvalue weighted by atomic mass is 19.1. The molecule has 0 aliphatic heterocycles. The number of hydrogen-bond acceptors (Lipinski definition) is 6. The zero-order valence-electron chi connectivity index (χ0n) is 19.3. The van der Waals surface area contributed by atoms with Crippen molar-refractivity contribution in [1.82, 2.24) is 0 Å². The first-order valence-electron chi connectivity index (χ1n) is 10.9. The molecule has 36 heavy (non-hydrogen) atoms. The maximum absolute atomic E-state index is 14.7. The zero-order valence-corrected chi connectivity index (χ0v) is 19.3. The molecule has 0 bridgehead atoms. The third kappa shape index (κ3) is 7.36. The monoisotopic (exact) mass is 486 g/mol. The van der Waals surface area contributed by atoms with Gasteiger partial charge in [0.2, 0.25) is 0 Å². The number of esters is 3. The largest absolute Gasteiger partial charge is 0.462 e. The fourth-order valence-corrected chi connectivity index (χ4v) is 3.10. The van der Waals surface area contributed by atoms with E-state index in [1.807, 2.05) is 24.3 Å². The van der Waals surface area contributed by atoms with Gasteiger partial charge in [-0.15, -0.1) is 0 Å². The summed E-state index contributed by atoms with van der Waals surface area (Å²) in [6.07, 6.45) is 5.56. The minimum atomic E-state index is -0.705. The molecular weight excluding hydrogens is 463 g/mol. The summed E-state index contributed by atoms with van der Waals surface area (Å²) in [7, 11) is 0. The van der Waals surface area contributed by atoms with Gasteiger partial charge >= 0.3 is 17.9 Å². The van der Waals surface area contributed by atoms with Crippen LogP contribution in [0.15, 0.2) is 98.3 Å². The Hall–Kier alpha value is -4.78. The van der Waals surface area contributed by atoms with Crippen LogP contribution in [0.2, 0.25) is 0 Å². The Balaban J connectivity index is 1.56. The van der Waals surface area contributed by atoms with Crippen molar-refractivity contribution in [2.24, 2.45) is 0 Å². The number of rotatable bonds is 10. The number of carbonyl (C=O) groups excluding carboxylic acids is 3. The number of carbonyl (C=O) groups is 3. The predicted octanol–water partition coefficient (Wildman–Crippen LogP) is 5.68. The molecule has 182 valence electrons. The van der Waals surface area contributed by atoms with Gasteiger partial charge in [-0.3, -0.25) is 0 Å². The molecule has 3 aromatic carbocycles. The maximum Gasteiger partial charge on any atom is 0.343 e. The molecule has 6 nitrogen and oxygen atoms in total. The molecule has 0 radical (unpaired) electrons. The molecule has 0 aliphatic carbocycles. The summed E-state index contributed by atoms with van der Waals surface area (Å²) in [6, 6.07) is 17.7. The Labute approximate surface area is 207 Å². The summed E-state index contributed by atoms with van der Waals surface area (Å²) < 4.78 is 29.7. The van der Waals surface area contributed by atoms with Crippen LogP contribution in [0.5, 0.6) is 5.75 Å². The molecule has 0 aliphatic rings. The number of ether oxygens (including phenoxy) is 3. The van der Waals surface area contributed by atoms with Crippen LogP contribution in [0.1, 0.15) is 21.5 Å². The van der Waals surface area contributed by atoms with Crippen molar-refractivity contribution in [2.75, 3.05) is 6.61 Å². The van der Waals surface area contributed by atoms with Crippen LogP contribution in [-0.2, 0) is 25.5 Å². The van der Waals surface area contributed by atoms with E-state index in [-0.39, 0.29) is 17.7 Å². The number of benzene rings is 3. The van der Waals surface area contributed by atoms with Crippen molar-refractivity contribution in [1.29, 1.82) is 0 Å². The van der Waals surface area contributed by atoms with Crippen LogP contribution >= 0.6 is 0 Å². The van der Waals surface area contributed by atoms with E-state index >= 15 is 0 Å². The lowest BCUT2D eigenvalue weighted by molar-refractivity contribution is -0.137. The lowest BCUT2D eigenvalue weighted by atomic mass is 10.0. The van der Waals surface area contributed by atoms with E-state index < -0.39 is 23.7 Å². The van der Waals surface area contributed by atoms with Crippen molar-refractivity contribution in [2.45, 2.75) is 6.42 Å². The van der Waals surface area contributed by atoms with E-state index in [4.69, 9.17) is 14.2 Å². The molecule has 3 aromatic rings. The molecule has 0 atom stereocenters. The fourth-order valence-electron chi connectivity index (χ4n) is 3.10. The molecule has 3 rings (SSSR count). The Morgan fingerprint density at radius 3 is 2.19 bits per heavy atom. The van der Waals surface area contributed by atoms with Gasteiger partial charge in [0.15, 0.2) is 0 Å². The summed E-state index contributed by atoms with van der Waals surface area (Å²) in [5.41, 5.74) is 2.65. The van der Waals surface area contributed by atoms with Gasteiger partial charge in [0.1, 0.15) is 11.6 Å².